The van der Waals surface area contributed by atoms with Crippen molar-refractivity contribution in [3.05, 3.63) is 170 Å². The van der Waals surface area contributed by atoms with Crippen LogP contribution in [0.25, 0.3) is 118 Å². The normalized spacial score (nSPS) is 13.1. The van der Waals surface area contributed by atoms with Crippen LogP contribution in [0.3, 0.4) is 0 Å². The highest BCUT2D eigenvalue weighted by Gasteiger charge is 2.19. The van der Waals surface area contributed by atoms with Gasteiger partial charge in [0, 0.05) is 20.2 Å². The number of benzene rings is 11. The fourth-order valence-corrected chi connectivity index (χ4v) is 9.83. The van der Waals surface area contributed by atoms with E-state index in [0.717, 1.165) is 49.0 Å². The van der Waals surface area contributed by atoms with Gasteiger partial charge in [-0.1, -0.05) is 146 Å². The second-order valence-electron chi connectivity index (χ2n) is 13.7. The van der Waals surface area contributed by atoms with Gasteiger partial charge in [-0.25, -0.2) is 0 Å². The maximum atomic E-state index is 10.3. The summed E-state index contributed by atoms with van der Waals surface area (Å²) >= 11 is 1.77. The maximum Gasteiger partial charge on any atom is 0.0636 e. The Morgan fingerprint density at radius 1 is 0.333 bits per heavy atom. The van der Waals surface area contributed by atoms with Gasteiger partial charge in [0.05, 0.1) is 4.11 Å². The molecule has 0 aliphatic heterocycles. The summed E-state index contributed by atoms with van der Waals surface area (Å²) in [5.41, 5.74) is 4.37. The molecule has 0 atom stereocenters. The highest BCUT2D eigenvalue weighted by Crippen LogP contribution is 2.46. The summed E-state index contributed by atoms with van der Waals surface area (Å²) in [5.74, 6) is 0. The van der Waals surface area contributed by atoms with Gasteiger partial charge in [-0.3, -0.25) is 0 Å². The van der Waals surface area contributed by atoms with Crippen LogP contribution in [0.4, 0.5) is 0 Å². The smallest absolute Gasteiger partial charge is 0.0636 e. The Morgan fingerprint density at radius 2 is 0.882 bits per heavy atom. The molecule has 0 spiro atoms. The van der Waals surface area contributed by atoms with Crippen molar-refractivity contribution in [3.8, 4) is 33.4 Å². The van der Waals surface area contributed by atoms with Crippen LogP contribution in [0.1, 0.15) is 4.11 Å². The summed E-state index contributed by atoms with van der Waals surface area (Å²) in [4.78, 5) is 0. The minimum absolute atomic E-state index is 0.0711. The molecule has 0 bridgehead atoms. The first-order valence-corrected chi connectivity index (χ1v) is 18.2. The van der Waals surface area contributed by atoms with Gasteiger partial charge in [-0.05, 0) is 122 Å². The van der Waals surface area contributed by atoms with Crippen molar-refractivity contribution < 1.29 is 4.11 Å². The van der Waals surface area contributed by atoms with E-state index < -0.39 is 0 Å². The van der Waals surface area contributed by atoms with Gasteiger partial charge in [0.25, 0.3) is 0 Å². The zero-order valence-electron chi connectivity index (χ0n) is 30.3. The summed E-state index contributed by atoms with van der Waals surface area (Å²) in [5, 5.41) is 16.0. The van der Waals surface area contributed by atoms with E-state index in [9.17, 15) is 4.11 Å². The molecule has 0 saturated heterocycles. The van der Waals surface area contributed by atoms with Crippen LogP contribution < -0.4 is 0 Å². The zero-order valence-corrected chi connectivity index (χ0v) is 28.2. The molecule has 0 N–H and O–H groups in total. The number of hydrogen-bond donors (Lipinski definition) is 0. The highest BCUT2D eigenvalue weighted by atomic mass is 32.1. The third-order valence-corrected chi connectivity index (χ3v) is 12.2. The van der Waals surface area contributed by atoms with Crippen molar-refractivity contribution in [2.75, 3.05) is 0 Å². The Kier molecular flexibility index (Phi) is 4.93. The number of thiophene rings is 1. The van der Waals surface area contributed by atoms with Gasteiger partial charge >= 0.3 is 0 Å². The molecule has 0 saturated carbocycles. The Balaban J connectivity index is 1.23. The topological polar surface area (TPSA) is 0 Å². The van der Waals surface area contributed by atoms with E-state index in [0.29, 0.717) is 16.7 Å². The van der Waals surface area contributed by atoms with E-state index >= 15 is 0 Å². The van der Waals surface area contributed by atoms with Gasteiger partial charge < -0.3 is 0 Å². The first kappa shape index (κ1) is 24.8. The Labute approximate surface area is 302 Å². The molecule has 11 aromatic carbocycles. The van der Waals surface area contributed by atoms with E-state index in [1.807, 2.05) is 0 Å². The molecule has 51 heavy (non-hydrogen) atoms. The first-order valence-electron chi connectivity index (χ1n) is 18.9. The van der Waals surface area contributed by atoms with Gasteiger partial charge in [0.2, 0.25) is 0 Å². The van der Waals surface area contributed by atoms with Crippen molar-refractivity contribution in [1.82, 2.24) is 0 Å². The molecule has 0 amide bonds. The highest BCUT2D eigenvalue weighted by molar-refractivity contribution is 7.25. The van der Waals surface area contributed by atoms with Crippen LogP contribution >= 0.6 is 11.3 Å². The van der Waals surface area contributed by atoms with Gasteiger partial charge in [-0.2, -0.15) is 0 Å². The number of fused-ring (bicyclic) bond motifs is 3. The number of rotatable bonds is 3. The van der Waals surface area contributed by atoms with E-state index in [1.54, 1.807) is 11.3 Å². The molecule has 1 aromatic heterocycles. The van der Waals surface area contributed by atoms with Crippen molar-refractivity contribution in [1.29, 1.82) is 0 Å². The summed E-state index contributed by atoms with van der Waals surface area (Å²) in [6.07, 6.45) is 0. The van der Waals surface area contributed by atoms with Gasteiger partial charge in [0.15, 0.2) is 0 Å². The molecule has 0 fully saturated rings. The second kappa shape index (κ2) is 10.1. The molecule has 234 valence electrons. The van der Waals surface area contributed by atoms with Gasteiger partial charge in [-0.15, -0.1) is 11.3 Å². The van der Waals surface area contributed by atoms with Crippen molar-refractivity contribution in [3.63, 3.8) is 0 Å². The van der Waals surface area contributed by atoms with E-state index in [2.05, 4.69) is 152 Å². The SMILES string of the molecule is [2H]c1c([2H])c(-c2ccc3sc4ccccc4c3c2)c(-c2ccc3ccc4cccc5ccc2c3c45)c([2H])c1-c1ccc2ccc3cccc4ccc1c2c34. The molecule has 0 unspecified atom stereocenters. The fraction of sp³-hybridized carbons (Fsp3) is 0. The molecular formula is C50H28S. The number of hydrogen-bond acceptors (Lipinski definition) is 1. The minimum atomic E-state index is 0.0711. The molecule has 0 radical (unpaired) electrons. The predicted octanol–water partition coefficient (Wildman–Crippen LogP) is 14.9. The van der Waals surface area contributed by atoms with E-state index in [4.69, 9.17) is 0 Å². The van der Waals surface area contributed by atoms with Crippen LogP contribution in [-0.2, 0) is 0 Å². The first-order chi connectivity index (χ1) is 26.5. The molecule has 0 aliphatic rings. The molecule has 0 aliphatic carbocycles. The predicted molar refractivity (Wildman–Crippen MR) is 223 cm³/mol. The van der Waals surface area contributed by atoms with E-state index in [-0.39, 0.29) is 18.1 Å². The molecule has 12 aromatic rings. The van der Waals surface area contributed by atoms with Crippen molar-refractivity contribution in [2.45, 2.75) is 0 Å². The summed E-state index contributed by atoms with van der Waals surface area (Å²) in [6.45, 7) is 0. The summed E-state index contributed by atoms with van der Waals surface area (Å²) < 4.78 is 32.3. The molecule has 1 heteroatoms. The Morgan fingerprint density at radius 3 is 1.57 bits per heavy atom. The lowest BCUT2D eigenvalue weighted by Crippen LogP contribution is -1.92. The molecule has 12 rings (SSSR count). The van der Waals surface area contributed by atoms with Crippen molar-refractivity contribution >= 4 is 96.1 Å². The van der Waals surface area contributed by atoms with Gasteiger partial charge in [0.1, 0.15) is 0 Å². The molecular weight excluding hydrogens is 633 g/mol. The average Bonchev–Trinajstić information content (AvgIpc) is 3.59. The summed E-state index contributed by atoms with van der Waals surface area (Å²) in [6, 6.07) is 54.0. The van der Waals surface area contributed by atoms with Crippen LogP contribution in [0.5, 0.6) is 0 Å². The zero-order chi connectivity index (χ0) is 35.8. The third-order valence-electron chi connectivity index (χ3n) is 11.1. The second-order valence-corrected chi connectivity index (χ2v) is 14.8. The summed E-state index contributed by atoms with van der Waals surface area (Å²) in [7, 11) is 0. The lowest BCUT2D eigenvalue weighted by Gasteiger charge is -2.19. The van der Waals surface area contributed by atoms with Crippen LogP contribution in [0, 0.1) is 0 Å². The fourth-order valence-electron chi connectivity index (χ4n) is 8.75. The third kappa shape index (κ3) is 3.84. The van der Waals surface area contributed by atoms with E-state index in [1.165, 1.54) is 52.5 Å². The van der Waals surface area contributed by atoms with Crippen LogP contribution in [-0.4, -0.2) is 0 Å². The minimum Gasteiger partial charge on any atom is -0.135 e. The maximum absolute atomic E-state index is 10.3. The van der Waals surface area contributed by atoms with Crippen LogP contribution in [0.15, 0.2) is 170 Å². The standard InChI is InChI=1S/C50H28S/c1-2-10-45-40(9-1)44-28-36(20-26-46(44)51-45)38-22-19-35(37-21-15-33-13-11-29-5-3-7-31-17-24-41(37)49(33)47(29)31)27-43(38)39-23-16-34-14-12-30-6-4-8-32-18-25-42(39)50(34)48(30)32/h1-28H/i19D,22D,27D. The lowest BCUT2D eigenvalue weighted by atomic mass is 9.84. The molecule has 1 heterocycles. The Hall–Kier alpha value is -6.28. The van der Waals surface area contributed by atoms with Crippen LogP contribution in [0.2, 0.25) is 0 Å². The average molecular weight is 664 g/mol. The molecule has 0 nitrogen and oxygen atoms in total. The Bertz CT molecular complexity index is 3510. The lowest BCUT2D eigenvalue weighted by molar-refractivity contribution is 1.61. The quantitative estimate of drug-likeness (QED) is 0.165. The monoisotopic (exact) mass is 663 g/mol. The van der Waals surface area contributed by atoms with Crippen molar-refractivity contribution in [2.24, 2.45) is 0 Å². The largest absolute Gasteiger partial charge is 0.135 e.